The molecule has 0 aliphatic heterocycles. The van der Waals surface area contributed by atoms with E-state index in [9.17, 15) is 9.59 Å². The summed E-state index contributed by atoms with van der Waals surface area (Å²) >= 11 is 0. The Hall–Kier alpha value is -3.15. The number of hydrogen-bond donors (Lipinski definition) is 2. The van der Waals surface area contributed by atoms with Gasteiger partial charge < -0.3 is 15.0 Å². The van der Waals surface area contributed by atoms with Crippen LogP contribution in [0.3, 0.4) is 0 Å². The molecule has 3 rings (SSSR count). The number of aromatic amines is 1. The van der Waals surface area contributed by atoms with Gasteiger partial charge in [0.1, 0.15) is 11.6 Å². The third kappa shape index (κ3) is 4.73. The van der Waals surface area contributed by atoms with Gasteiger partial charge in [0.2, 0.25) is 5.91 Å². The molecule has 2 N–H and O–H groups in total. The first-order valence-electron chi connectivity index (χ1n) is 8.95. The van der Waals surface area contributed by atoms with Gasteiger partial charge in [-0.25, -0.2) is 4.98 Å². The van der Waals surface area contributed by atoms with Crippen LogP contribution in [-0.2, 0) is 17.6 Å². The Labute approximate surface area is 158 Å². The Bertz CT molecular complexity index is 929. The van der Waals surface area contributed by atoms with Gasteiger partial charge in [0.05, 0.1) is 24.6 Å². The van der Waals surface area contributed by atoms with Crippen LogP contribution in [0.15, 0.2) is 42.5 Å². The second-order valence-electron chi connectivity index (χ2n) is 6.41. The summed E-state index contributed by atoms with van der Waals surface area (Å²) in [5.74, 6) is 1.39. The van der Waals surface area contributed by atoms with Crippen LogP contribution >= 0.6 is 0 Å². The predicted octanol–water partition coefficient (Wildman–Crippen LogP) is 3.07. The van der Waals surface area contributed by atoms with E-state index in [-0.39, 0.29) is 18.1 Å². The van der Waals surface area contributed by atoms with E-state index in [1.807, 2.05) is 24.3 Å². The summed E-state index contributed by atoms with van der Waals surface area (Å²) in [7, 11) is 1.55. The van der Waals surface area contributed by atoms with Crippen molar-refractivity contribution in [3.8, 4) is 5.75 Å². The number of carbonyl (C=O) groups excluding carboxylic acids is 2. The van der Waals surface area contributed by atoms with Gasteiger partial charge in [-0.3, -0.25) is 9.59 Å². The molecule has 0 aliphatic rings. The van der Waals surface area contributed by atoms with Crippen molar-refractivity contribution in [1.29, 1.82) is 0 Å². The highest BCUT2D eigenvalue weighted by Crippen LogP contribution is 2.21. The van der Waals surface area contributed by atoms with Gasteiger partial charge in [-0.2, -0.15) is 0 Å². The maximum Gasteiger partial charge on any atom is 0.224 e. The number of benzene rings is 2. The van der Waals surface area contributed by atoms with Gasteiger partial charge in [0.15, 0.2) is 5.78 Å². The third-order valence-electron chi connectivity index (χ3n) is 4.39. The van der Waals surface area contributed by atoms with Crippen LogP contribution in [0.25, 0.3) is 11.0 Å². The molecule has 6 heteroatoms. The zero-order valence-electron chi connectivity index (χ0n) is 15.5. The molecular formula is C21H23N3O3. The largest absolute Gasteiger partial charge is 0.496 e. The zero-order valence-corrected chi connectivity index (χ0v) is 15.5. The number of nitrogens with zero attached hydrogens (tertiary/aromatic N) is 1. The Morgan fingerprint density at radius 1 is 1.19 bits per heavy atom. The van der Waals surface area contributed by atoms with E-state index in [1.165, 1.54) is 6.92 Å². The van der Waals surface area contributed by atoms with Crippen molar-refractivity contribution in [2.75, 3.05) is 13.7 Å². The molecule has 0 radical (unpaired) electrons. The summed E-state index contributed by atoms with van der Waals surface area (Å²) in [5.41, 5.74) is 3.26. The quantitative estimate of drug-likeness (QED) is 0.475. The first-order chi connectivity index (χ1) is 13.1. The van der Waals surface area contributed by atoms with E-state index in [0.717, 1.165) is 29.7 Å². The topological polar surface area (TPSA) is 84.1 Å². The van der Waals surface area contributed by atoms with Crippen LogP contribution < -0.4 is 10.1 Å². The number of fused-ring (bicyclic) bond motifs is 1. The Morgan fingerprint density at radius 3 is 2.74 bits per heavy atom. The standard InChI is InChI=1S/C21H23N3O3/c1-14(25)15-9-10-19(27-2)16(12-15)13-21(26)22-11-5-8-20-23-17-6-3-4-7-18(17)24-20/h3-4,6-7,9-10,12H,5,8,11,13H2,1-2H3,(H,22,26)(H,23,24). The fourth-order valence-electron chi connectivity index (χ4n) is 2.98. The van der Waals surface area contributed by atoms with Crippen LogP contribution in [-0.4, -0.2) is 35.3 Å². The lowest BCUT2D eigenvalue weighted by atomic mass is 10.0. The number of ether oxygens (including phenoxy) is 1. The number of methoxy groups -OCH3 is 1. The number of carbonyl (C=O) groups is 2. The monoisotopic (exact) mass is 365 g/mol. The summed E-state index contributed by atoms with van der Waals surface area (Å²) in [6.07, 6.45) is 1.73. The molecule has 0 saturated carbocycles. The van der Waals surface area contributed by atoms with Crippen LogP contribution in [0.1, 0.15) is 35.1 Å². The number of Topliss-reactive ketones (excluding diaryl/α,β-unsaturated/α-hetero) is 1. The summed E-state index contributed by atoms with van der Waals surface area (Å²) in [6, 6.07) is 13.0. The molecule has 0 unspecified atom stereocenters. The number of hydrogen-bond acceptors (Lipinski definition) is 4. The average Bonchev–Trinajstić information content (AvgIpc) is 3.08. The SMILES string of the molecule is COc1ccc(C(C)=O)cc1CC(=O)NCCCc1nc2ccccc2[nH]1. The molecule has 0 spiro atoms. The molecule has 1 aromatic heterocycles. The van der Waals surface area contributed by atoms with Gasteiger partial charge >= 0.3 is 0 Å². The highest BCUT2D eigenvalue weighted by atomic mass is 16.5. The van der Waals surface area contributed by atoms with Gasteiger partial charge in [-0.15, -0.1) is 0 Å². The van der Waals surface area contributed by atoms with Crippen molar-refractivity contribution in [2.45, 2.75) is 26.2 Å². The maximum absolute atomic E-state index is 12.2. The molecule has 1 amide bonds. The number of H-pyrrole nitrogens is 1. The van der Waals surface area contributed by atoms with Crippen molar-refractivity contribution in [1.82, 2.24) is 15.3 Å². The Kier molecular flexibility index (Phi) is 5.86. The zero-order chi connectivity index (χ0) is 19.2. The van der Waals surface area contributed by atoms with Crippen molar-refractivity contribution < 1.29 is 14.3 Å². The van der Waals surface area contributed by atoms with Crippen LogP contribution in [0, 0.1) is 0 Å². The molecule has 0 aliphatic carbocycles. The minimum atomic E-state index is -0.0985. The molecule has 3 aromatic rings. The van der Waals surface area contributed by atoms with E-state index < -0.39 is 0 Å². The van der Waals surface area contributed by atoms with Gasteiger partial charge in [-0.05, 0) is 43.7 Å². The van der Waals surface area contributed by atoms with E-state index in [4.69, 9.17) is 4.74 Å². The Morgan fingerprint density at radius 2 is 2.00 bits per heavy atom. The minimum absolute atomic E-state index is 0.0369. The van der Waals surface area contributed by atoms with Crippen molar-refractivity contribution in [3.05, 3.63) is 59.4 Å². The minimum Gasteiger partial charge on any atom is -0.496 e. The second-order valence-corrected chi connectivity index (χ2v) is 6.41. The van der Waals surface area contributed by atoms with Crippen LogP contribution in [0.4, 0.5) is 0 Å². The average molecular weight is 365 g/mol. The fraction of sp³-hybridized carbons (Fsp3) is 0.286. The van der Waals surface area contributed by atoms with Crippen molar-refractivity contribution in [3.63, 3.8) is 0 Å². The highest BCUT2D eigenvalue weighted by Gasteiger charge is 2.11. The number of imidazole rings is 1. The molecule has 0 saturated heterocycles. The van der Waals surface area contributed by atoms with Gasteiger partial charge in [0.25, 0.3) is 0 Å². The molecular weight excluding hydrogens is 342 g/mol. The van der Waals surface area contributed by atoms with E-state index >= 15 is 0 Å². The van der Waals surface area contributed by atoms with E-state index in [2.05, 4.69) is 15.3 Å². The number of aryl methyl sites for hydroxylation is 1. The molecule has 0 atom stereocenters. The van der Waals surface area contributed by atoms with Crippen molar-refractivity contribution >= 4 is 22.7 Å². The molecule has 2 aromatic carbocycles. The molecule has 140 valence electrons. The summed E-state index contributed by atoms with van der Waals surface area (Å²) < 4.78 is 5.29. The third-order valence-corrected chi connectivity index (χ3v) is 4.39. The molecule has 1 heterocycles. The smallest absolute Gasteiger partial charge is 0.224 e. The number of para-hydroxylation sites is 2. The van der Waals surface area contributed by atoms with Crippen molar-refractivity contribution in [2.24, 2.45) is 0 Å². The Balaban J connectivity index is 1.51. The fourth-order valence-corrected chi connectivity index (χ4v) is 2.98. The maximum atomic E-state index is 12.2. The summed E-state index contributed by atoms with van der Waals surface area (Å²) in [4.78, 5) is 31.6. The second kappa shape index (κ2) is 8.49. The lowest BCUT2D eigenvalue weighted by Crippen LogP contribution is -2.26. The summed E-state index contributed by atoms with van der Waals surface area (Å²) in [6.45, 7) is 2.06. The van der Waals surface area contributed by atoms with Gasteiger partial charge in [0, 0.05) is 24.1 Å². The predicted molar refractivity (Wildman–Crippen MR) is 104 cm³/mol. The van der Waals surface area contributed by atoms with Crippen LogP contribution in [0.2, 0.25) is 0 Å². The van der Waals surface area contributed by atoms with Gasteiger partial charge in [-0.1, -0.05) is 12.1 Å². The number of aromatic nitrogens is 2. The first kappa shape index (κ1) is 18.6. The molecule has 27 heavy (non-hydrogen) atoms. The first-order valence-corrected chi connectivity index (χ1v) is 8.95. The number of rotatable bonds is 8. The molecule has 0 bridgehead atoms. The molecule has 0 fully saturated rings. The van der Waals surface area contributed by atoms with Crippen LogP contribution in [0.5, 0.6) is 5.75 Å². The number of amides is 1. The molecule has 6 nitrogen and oxygen atoms in total. The lowest BCUT2D eigenvalue weighted by Gasteiger charge is -2.10. The normalized spacial score (nSPS) is 10.7. The number of ketones is 1. The van der Waals surface area contributed by atoms with E-state index in [0.29, 0.717) is 23.4 Å². The van der Waals surface area contributed by atoms with E-state index in [1.54, 1.807) is 25.3 Å². The highest BCUT2D eigenvalue weighted by molar-refractivity contribution is 5.94. The summed E-state index contributed by atoms with van der Waals surface area (Å²) in [5, 5.41) is 2.91. The lowest BCUT2D eigenvalue weighted by molar-refractivity contribution is -0.120. The number of nitrogens with one attached hydrogen (secondary N) is 2.